The number of H-pyrrole nitrogens is 1. The molecule has 2 aromatic rings. The third-order valence-electron chi connectivity index (χ3n) is 5.28. The van der Waals surface area contributed by atoms with Gasteiger partial charge in [-0.15, -0.1) is 0 Å². The first-order chi connectivity index (χ1) is 12.6. The number of aryl methyl sites for hydroxylation is 1. The van der Waals surface area contributed by atoms with E-state index in [0.29, 0.717) is 12.0 Å². The number of nitrogens with one attached hydrogen (secondary N) is 2. The smallest absolute Gasteiger partial charge is 0.303 e. The Kier molecular flexibility index (Phi) is 4.37. The Hall–Kier alpha value is -2.82. The topological polar surface area (TPSA) is 82.2 Å². The Morgan fingerprint density at radius 1 is 1.15 bits per heavy atom. The molecule has 0 saturated heterocycles. The number of benzene rings is 1. The van der Waals surface area contributed by atoms with Crippen LogP contribution in [-0.4, -0.2) is 22.0 Å². The van der Waals surface area contributed by atoms with E-state index in [1.54, 1.807) is 0 Å². The standard InChI is InChI=1S/C21H22N2O3/c24-20(25)11-10-15-13-6-2-1-3-8-17(13)22-19(15)12-16-14-7-4-5-9-18(14)23-21(16)26/h4-5,7,9,12,22H,1-3,6,8,10-11H2,(H,23,26)(H,24,25)/b16-12-. The number of hydrogen-bond acceptors (Lipinski definition) is 2. The minimum absolute atomic E-state index is 0.100. The average molecular weight is 350 g/mol. The van der Waals surface area contributed by atoms with Gasteiger partial charge in [0.1, 0.15) is 0 Å². The number of carboxylic acid groups (broad SMARTS) is 1. The van der Waals surface area contributed by atoms with Gasteiger partial charge in [0.2, 0.25) is 0 Å². The predicted molar refractivity (Wildman–Crippen MR) is 101 cm³/mol. The second-order valence-electron chi connectivity index (χ2n) is 6.99. The van der Waals surface area contributed by atoms with E-state index in [2.05, 4.69) is 10.3 Å². The largest absolute Gasteiger partial charge is 0.481 e. The monoisotopic (exact) mass is 350 g/mol. The van der Waals surface area contributed by atoms with E-state index in [1.165, 1.54) is 17.7 Å². The molecule has 134 valence electrons. The minimum atomic E-state index is -0.795. The number of aliphatic carboxylic acids is 1. The molecule has 0 spiro atoms. The number of carbonyl (C=O) groups excluding carboxylic acids is 1. The summed E-state index contributed by atoms with van der Waals surface area (Å²) < 4.78 is 0. The van der Waals surface area contributed by atoms with Crippen LogP contribution in [0.4, 0.5) is 5.69 Å². The molecular formula is C21H22N2O3. The van der Waals surface area contributed by atoms with Crippen LogP contribution in [0, 0.1) is 0 Å². The Bertz CT molecular complexity index is 908. The molecule has 5 nitrogen and oxygen atoms in total. The zero-order valence-corrected chi connectivity index (χ0v) is 14.6. The maximum Gasteiger partial charge on any atom is 0.303 e. The van der Waals surface area contributed by atoms with Crippen molar-refractivity contribution in [1.29, 1.82) is 0 Å². The van der Waals surface area contributed by atoms with Gasteiger partial charge in [-0.2, -0.15) is 0 Å². The number of para-hydroxylation sites is 1. The van der Waals surface area contributed by atoms with E-state index in [1.807, 2.05) is 30.3 Å². The van der Waals surface area contributed by atoms with E-state index in [-0.39, 0.29) is 12.3 Å². The van der Waals surface area contributed by atoms with Crippen molar-refractivity contribution in [2.24, 2.45) is 0 Å². The summed E-state index contributed by atoms with van der Waals surface area (Å²) in [5, 5.41) is 12.0. The van der Waals surface area contributed by atoms with Crippen LogP contribution < -0.4 is 5.32 Å². The second kappa shape index (κ2) is 6.83. The van der Waals surface area contributed by atoms with Gasteiger partial charge >= 0.3 is 5.97 Å². The Morgan fingerprint density at radius 2 is 1.96 bits per heavy atom. The second-order valence-corrected chi connectivity index (χ2v) is 6.99. The Labute approximate surface area is 152 Å². The van der Waals surface area contributed by atoms with Crippen molar-refractivity contribution in [2.75, 3.05) is 5.32 Å². The number of rotatable bonds is 4. The number of hydrogen-bond donors (Lipinski definition) is 3. The normalized spacial score (nSPS) is 17.5. The van der Waals surface area contributed by atoms with E-state index >= 15 is 0 Å². The van der Waals surface area contributed by atoms with Crippen LogP contribution >= 0.6 is 0 Å². The summed E-state index contributed by atoms with van der Waals surface area (Å²) in [7, 11) is 0. The lowest BCUT2D eigenvalue weighted by atomic mass is 9.98. The van der Waals surface area contributed by atoms with Crippen LogP contribution in [-0.2, 0) is 28.9 Å². The van der Waals surface area contributed by atoms with Gasteiger partial charge in [0.05, 0.1) is 5.57 Å². The third-order valence-corrected chi connectivity index (χ3v) is 5.28. The van der Waals surface area contributed by atoms with Crippen LogP contribution in [0.3, 0.4) is 0 Å². The van der Waals surface area contributed by atoms with Crippen LogP contribution in [0.1, 0.15) is 53.8 Å². The molecule has 1 aromatic carbocycles. The fraction of sp³-hybridized carbons (Fsp3) is 0.333. The first kappa shape index (κ1) is 16.6. The number of aromatic nitrogens is 1. The molecule has 0 radical (unpaired) electrons. The van der Waals surface area contributed by atoms with Gasteiger partial charge in [-0.3, -0.25) is 9.59 Å². The first-order valence-corrected chi connectivity index (χ1v) is 9.20. The van der Waals surface area contributed by atoms with Crippen LogP contribution in [0.2, 0.25) is 0 Å². The highest BCUT2D eigenvalue weighted by molar-refractivity contribution is 6.34. The highest BCUT2D eigenvalue weighted by Gasteiger charge is 2.25. The zero-order chi connectivity index (χ0) is 18.1. The minimum Gasteiger partial charge on any atom is -0.481 e. The molecule has 2 aliphatic rings. The lowest BCUT2D eigenvalue weighted by Crippen LogP contribution is -2.04. The molecule has 0 saturated carbocycles. The van der Waals surface area contributed by atoms with E-state index in [0.717, 1.165) is 48.2 Å². The van der Waals surface area contributed by atoms with Crippen molar-refractivity contribution in [3.8, 4) is 0 Å². The molecular weight excluding hydrogens is 328 g/mol. The number of carbonyl (C=O) groups is 2. The average Bonchev–Trinajstić information content (AvgIpc) is 3.00. The van der Waals surface area contributed by atoms with Crippen molar-refractivity contribution < 1.29 is 14.7 Å². The molecule has 1 aromatic heterocycles. The molecule has 1 aliphatic heterocycles. The number of anilines is 1. The van der Waals surface area contributed by atoms with E-state index in [9.17, 15) is 9.59 Å². The molecule has 0 unspecified atom stereocenters. The predicted octanol–water partition coefficient (Wildman–Crippen LogP) is 3.79. The molecule has 26 heavy (non-hydrogen) atoms. The quantitative estimate of drug-likeness (QED) is 0.579. The third kappa shape index (κ3) is 3.05. The lowest BCUT2D eigenvalue weighted by Gasteiger charge is -2.05. The molecule has 0 fully saturated rings. The summed E-state index contributed by atoms with van der Waals surface area (Å²) in [6.45, 7) is 0. The van der Waals surface area contributed by atoms with Crippen LogP contribution in [0.15, 0.2) is 24.3 Å². The Morgan fingerprint density at radius 3 is 2.81 bits per heavy atom. The summed E-state index contributed by atoms with van der Waals surface area (Å²) in [4.78, 5) is 27.0. The van der Waals surface area contributed by atoms with Crippen molar-refractivity contribution in [1.82, 2.24) is 4.98 Å². The number of aromatic amines is 1. The molecule has 1 amide bonds. The fourth-order valence-corrected chi connectivity index (χ4v) is 4.02. The maximum atomic E-state index is 12.4. The molecule has 3 N–H and O–H groups in total. The first-order valence-electron chi connectivity index (χ1n) is 9.20. The zero-order valence-electron chi connectivity index (χ0n) is 14.6. The van der Waals surface area contributed by atoms with Gasteiger partial charge in [0.15, 0.2) is 0 Å². The SMILES string of the molecule is O=C(O)CCc1c(/C=C2\C(=O)Nc3ccccc32)[nH]c2c1CCCCC2. The summed E-state index contributed by atoms with van der Waals surface area (Å²) in [6, 6.07) is 7.65. The summed E-state index contributed by atoms with van der Waals surface area (Å²) in [6.07, 6.45) is 7.93. The molecule has 4 rings (SSSR count). The highest BCUT2D eigenvalue weighted by atomic mass is 16.4. The van der Waals surface area contributed by atoms with Gasteiger partial charge in [-0.25, -0.2) is 0 Å². The molecule has 2 heterocycles. The lowest BCUT2D eigenvalue weighted by molar-refractivity contribution is -0.137. The van der Waals surface area contributed by atoms with Gasteiger partial charge in [-0.05, 0) is 55.4 Å². The van der Waals surface area contributed by atoms with Crippen molar-refractivity contribution in [3.63, 3.8) is 0 Å². The summed E-state index contributed by atoms with van der Waals surface area (Å²) >= 11 is 0. The Balaban J connectivity index is 1.78. The molecule has 1 aliphatic carbocycles. The van der Waals surface area contributed by atoms with E-state index in [4.69, 9.17) is 5.11 Å². The molecule has 5 heteroatoms. The van der Waals surface area contributed by atoms with Gasteiger partial charge in [0, 0.05) is 29.1 Å². The summed E-state index contributed by atoms with van der Waals surface area (Å²) in [5.74, 6) is -0.906. The van der Waals surface area contributed by atoms with Crippen LogP contribution in [0.25, 0.3) is 11.6 Å². The molecule has 0 atom stereocenters. The van der Waals surface area contributed by atoms with Gasteiger partial charge in [0.25, 0.3) is 5.91 Å². The number of fused-ring (bicyclic) bond motifs is 2. The number of amides is 1. The molecule has 0 bridgehead atoms. The van der Waals surface area contributed by atoms with Gasteiger partial charge < -0.3 is 15.4 Å². The van der Waals surface area contributed by atoms with Gasteiger partial charge in [-0.1, -0.05) is 24.6 Å². The van der Waals surface area contributed by atoms with Crippen molar-refractivity contribution in [3.05, 3.63) is 52.3 Å². The summed E-state index contributed by atoms with van der Waals surface area (Å²) in [5.41, 5.74) is 6.78. The maximum absolute atomic E-state index is 12.4. The highest BCUT2D eigenvalue weighted by Crippen LogP contribution is 2.35. The van der Waals surface area contributed by atoms with E-state index < -0.39 is 5.97 Å². The van der Waals surface area contributed by atoms with Crippen molar-refractivity contribution in [2.45, 2.75) is 44.9 Å². The van der Waals surface area contributed by atoms with Crippen molar-refractivity contribution >= 4 is 29.2 Å². The number of carboxylic acids is 1. The van der Waals surface area contributed by atoms with Crippen LogP contribution in [0.5, 0.6) is 0 Å². The fourth-order valence-electron chi connectivity index (χ4n) is 4.02.